The fraction of sp³-hybridized carbons (Fsp3) is 0.474. The van der Waals surface area contributed by atoms with Gasteiger partial charge in [-0.15, -0.1) is 11.3 Å². The van der Waals surface area contributed by atoms with E-state index in [1.807, 2.05) is 40.7 Å². The topological polar surface area (TPSA) is 42.4 Å². The fourth-order valence-corrected chi connectivity index (χ4v) is 3.94. The molecular formula is C19H22N2O2S. The van der Waals surface area contributed by atoms with E-state index in [4.69, 9.17) is 4.74 Å². The number of hydrogen-bond acceptors (Lipinski definition) is 4. The molecule has 0 radical (unpaired) electrons. The Morgan fingerprint density at radius 1 is 1.25 bits per heavy atom. The summed E-state index contributed by atoms with van der Waals surface area (Å²) >= 11 is 1.69. The summed E-state index contributed by atoms with van der Waals surface area (Å²) in [6, 6.07) is 7.60. The van der Waals surface area contributed by atoms with Crippen molar-refractivity contribution in [2.45, 2.75) is 31.6 Å². The minimum atomic E-state index is 0.116. The molecular weight excluding hydrogens is 320 g/mol. The van der Waals surface area contributed by atoms with Gasteiger partial charge in [0.2, 0.25) is 0 Å². The van der Waals surface area contributed by atoms with Crippen LogP contribution in [-0.4, -0.2) is 35.5 Å². The van der Waals surface area contributed by atoms with Crippen LogP contribution < -0.4 is 4.74 Å². The molecule has 0 bridgehead atoms. The maximum atomic E-state index is 12.8. The van der Waals surface area contributed by atoms with Crippen molar-refractivity contribution in [1.29, 1.82) is 0 Å². The molecule has 0 N–H and O–H groups in total. The Hall–Kier alpha value is -1.88. The molecule has 126 valence electrons. The third kappa shape index (κ3) is 3.61. The molecule has 24 heavy (non-hydrogen) atoms. The number of hydrogen-bond donors (Lipinski definition) is 0. The predicted octanol–water partition coefficient (Wildman–Crippen LogP) is 3.95. The van der Waals surface area contributed by atoms with E-state index in [9.17, 15) is 4.79 Å². The van der Waals surface area contributed by atoms with Crippen molar-refractivity contribution in [3.05, 3.63) is 46.4 Å². The molecule has 1 amide bonds. The van der Waals surface area contributed by atoms with E-state index in [0.29, 0.717) is 5.92 Å². The van der Waals surface area contributed by atoms with Gasteiger partial charge in [-0.25, -0.2) is 4.98 Å². The van der Waals surface area contributed by atoms with Crippen LogP contribution in [0.25, 0.3) is 0 Å². The Labute approximate surface area is 146 Å². The lowest BCUT2D eigenvalue weighted by atomic mass is 9.98. The standard InChI is InChI=1S/C19H22N2O2S/c22-19(15-5-7-17(8-6-15)23-13-14-3-4-14)21-10-1-2-16(12-21)18-20-9-11-24-18/h5-9,11,14,16H,1-4,10,12-13H2. The van der Waals surface area contributed by atoms with Gasteiger partial charge in [0, 0.05) is 36.1 Å². The molecule has 0 spiro atoms. The Balaban J connectivity index is 1.38. The number of carbonyl (C=O) groups excluding carboxylic acids is 1. The van der Waals surface area contributed by atoms with E-state index < -0.39 is 0 Å². The van der Waals surface area contributed by atoms with E-state index in [2.05, 4.69) is 4.98 Å². The van der Waals surface area contributed by atoms with Gasteiger partial charge in [0.15, 0.2) is 0 Å². The molecule has 2 heterocycles. The van der Waals surface area contributed by atoms with E-state index in [1.54, 1.807) is 11.3 Å². The first-order chi connectivity index (χ1) is 11.8. The number of carbonyl (C=O) groups is 1. The van der Waals surface area contributed by atoms with Crippen LogP contribution in [0.4, 0.5) is 0 Å². The number of likely N-dealkylation sites (tertiary alicyclic amines) is 1. The average molecular weight is 342 g/mol. The quantitative estimate of drug-likeness (QED) is 0.826. The summed E-state index contributed by atoms with van der Waals surface area (Å²) in [6.07, 6.45) is 6.57. The van der Waals surface area contributed by atoms with Crippen LogP contribution in [-0.2, 0) is 0 Å². The van der Waals surface area contributed by atoms with Crippen molar-refractivity contribution in [2.75, 3.05) is 19.7 Å². The maximum absolute atomic E-state index is 12.8. The highest BCUT2D eigenvalue weighted by atomic mass is 32.1. The summed E-state index contributed by atoms with van der Waals surface area (Å²) in [5.74, 6) is 2.09. The Bertz CT molecular complexity index is 680. The lowest BCUT2D eigenvalue weighted by molar-refractivity contribution is 0.0707. The molecule has 1 aromatic carbocycles. The van der Waals surface area contributed by atoms with Crippen molar-refractivity contribution < 1.29 is 9.53 Å². The number of aromatic nitrogens is 1. The average Bonchev–Trinajstić information content (AvgIpc) is 3.30. The molecule has 1 unspecified atom stereocenters. The normalized spacial score (nSPS) is 20.8. The second-order valence-electron chi connectivity index (χ2n) is 6.74. The van der Waals surface area contributed by atoms with Crippen LogP contribution >= 0.6 is 11.3 Å². The van der Waals surface area contributed by atoms with Crippen molar-refractivity contribution in [2.24, 2.45) is 5.92 Å². The number of rotatable bonds is 5. The van der Waals surface area contributed by atoms with Crippen LogP contribution in [0.15, 0.2) is 35.8 Å². The minimum absolute atomic E-state index is 0.116. The minimum Gasteiger partial charge on any atom is -0.493 e. The second kappa shape index (κ2) is 6.93. The van der Waals surface area contributed by atoms with Gasteiger partial charge in [0.25, 0.3) is 5.91 Å². The van der Waals surface area contributed by atoms with E-state index >= 15 is 0 Å². The zero-order valence-corrected chi connectivity index (χ0v) is 14.5. The Kier molecular flexibility index (Phi) is 4.52. The molecule has 1 aliphatic heterocycles. The molecule has 1 aliphatic carbocycles. The van der Waals surface area contributed by atoms with Crippen molar-refractivity contribution in [1.82, 2.24) is 9.88 Å². The summed E-state index contributed by atoms with van der Waals surface area (Å²) in [5, 5.41) is 3.16. The van der Waals surface area contributed by atoms with Gasteiger partial charge in [-0.2, -0.15) is 0 Å². The van der Waals surface area contributed by atoms with Gasteiger partial charge >= 0.3 is 0 Å². The summed E-state index contributed by atoms with van der Waals surface area (Å²) in [5.41, 5.74) is 0.744. The summed E-state index contributed by atoms with van der Waals surface area (Å²) < 4.78 is 5.74. The molecule has 1 atom stereocenters. The summed E-state index contributed by atoms with van der Waals surface area (Å²) in [7, 11) is 0. The first-order valence-electron chi connectivity index (χ1n) is 8.71. The van der Waals surface area contributed by atoms with Gasteiger partial charge in [0.1, 0.15) is 5.75 Å². The van der Waals surface area contributed by atoms with E-state index in [1.165, 1.54) is 12.8 Å². The van der Waals surface area contributed by atoms with E-state index in [0.717, 1.165) is 54.8 Å². The lowest BCUT2D eigenvalue weighted by Gasteiger charge is -2.32. The van der Waals surface area contributed by atoms with Crippen molar-refractivity contribution in [3.63, 3.8) is 0 Å². The first-order valence-corrected chi connectivity index (χ1v) is 9.59. The highest BCUT2D eigenvalue weighted by molar-refractivity contribution is 7.09. The van der Waals surface area contributed by atoms with Crippen LogP contribution in [0.5, 0.6) is 5.75 Å². The SMILES string of the molecule is O=C(c1ccc(OCC2CC2)cc1)N1CCCC(c2nccs2)C1. The molecule has 5 heteroatoms. The second-order valence-corrected chi connectivity index (χ2v) is 7.67. The molecule has 2 aromatic rings. The highest BCUT2D eigenvalue weighted by Gasteiger charge is 2.27. The zero-order chi connectivity index (χ0) is 16.4. The van der Waals surface area contributed by atoms with Crippen LogP contribution in [0.2, 0.25) is 0 Å². The van der Waals surface area contributed by atoms with Crippen LogP contribution in [0.1, 0.15) is 47.0 Å². The van der Waals surface area contributed by atoms with Crippen molar-refractivity contribution in [3.8, 4) is 5.75 Å². The number of ether oxygens (including phenoxy) is 1. The van der Waals surface area contributed by atoms with E-state index in [-0.39, 0.29) is 5.91 Å². The van der Waals surface area contributed by atoms with Gasteiger partial charge in [-0.05, 0) is 55.9 Å². The molecule has 2 fully saturated rings. The third-order valence-corrected chi connectivity index (χ3v) is 5.73. The van der Waals surface area contributed by atoms with Crippen LogP contribution in [0, 0.1) is 5.92 Å². The molecule has 4 nitrogen and oxygen atoms in total. The molecule has 1 saturated carbocycles. The highest BCUT2D eigenvalue weighted by Crippen LogP contribution is 2.30. The number of benzene rings is 1. The largest absolute Gasteiger partial charge is 0.493 e. The molecule has 4 rings (SSSR count). The number of nitrogens with zero attached hydrogens (tertiary/aromatic N) is 2. The number of amides is 1. The Morgan fingerprint density at radius 2 is 2.08 bits per heavy atom. The van der Waals surface area contributed by atoms with Crippen molar-refractivity contribution >= 4 is 17.2 Å². The first kappa shape index (κ1) is 15.6. The van der Waals surface area contributed by atoms with Gasteiger partial charge in [-0.1, -0.05) is 0 Å². The summed E-state index contributed by atoms with van der Waals surface area (Å²) in [6.45, 7) is 2.40. The van der Waals surface area contributed by atoms with Gasteiger partial charge in [0.05, 0.1) is 11.6 Å². The fourth-order valence-electron chi connectivity index (χ4n) is 3.17. The lowest BCUT2D eigenvalue weighted by Crippen LogP contribution is -2.39. The monoisotopic (exact) mass is 342 g/mol. The third-order valence-electron chi connectivity index (χ3n) is 4.79. The van der Waals surface area contributed by atoms with Gasteiger partial charge in [-0.3, -0.25) is 4.79 Å². The Morgan fingerprint density at radius 3 is 2.79 bits per heavy atom. The van der Waals surface area contributed by atoms with Gasteiger partial charge < -0.3 is 9.64 Å². The predicted molar refractivity (Wildman–Crippen MR) is 94.7 cm³/mol. The smallest absolute Gasteiger partial charge is 0.253 e. The molecule has 1 saturated heterocycles. The zero-order valence-electron chi connectivity index (χ0n) is 13.7. The van der Waals surface area contributed by atoms with Crippen LogP contribution in [0.3, 0.4) is 0 Å². The maximum Gasteiger partial charge on any atom is 0.253 e. The molecule has 1 aromatic heterocycles. The summed E-state index contributed by atoms with van der Waals surface area (Å²) in [4.78, 5) is 19.2. The molecule has 2 aliphatic rings. The number of thiazole rings is 1. The number of piperidine rings is 1.